The molecule has 4 nitrogen and oxygen atoms in total. The van der Waals surface area contributed by atoms with Gasteiger partial charge in [-0.1, -0.05) is 97.3 Å². The Balaban J connectivity index is 3.46. The zero-order valence-corrected chi connectivity index (χ0v) is 18.9. The fraction of sp³-hybridized carbons (Fsp3) is 0.955. The van der Waals surface area contributed by atoms with Crippen LogP contribution < -0.4 is 0 Å². The first-order chi connectivity index (χ1) is 13.2. The lowest BCUT2D eigenvalue weighted by Gasteiger charge is -2.26. The molecule has 0 amide bonds. The monoisotopic (exact) mass is 403 g/mol. The summed E-state index contributed by atoms with van der Waals surface area (Å²) in [6, 6.07) is -0.653. The summed E-state index contributed by atoms with van der Waals surface area (Å²) in [4.78, 5) is 16.9. The lowest BCUT2D eigenvalue weighted by atomic mass is 10.0. The van der Waals surface area contributed by atoms with E-state index in [0.29, 0.717) is 13.2 Å². The van der Waals surface area contributed by atoms with E-state index in [9.17, 15) is 9.90 Å². The topological polar surface area (TPSA) is 49.8 Å². The lowest BCUT2D eigenvalue weighted by Crippen LogP contribution is -2.43. The van der Waals surface area contributed by atoms with Gasteiger partial charge in [-0.25, -0.2) is 0 Å². The van der Waals surface area contributed by atoms with Gasteiger partial charge >= 0.3 is 5.97 Å². The molecule has 1 N–H and O–H groups in total. The maximum atomic E-state index is 11.2. The Morgan fingerprint density at radius 3 is 1.63 bits per heavy atom. The Bertz CT molecular complexity index is 329. The first-order valence-corrected chi connectivity index (χ1v) is 12.0. The maximum Gasteiger partial charge on any atom is 0.324 e. The highest BCUT2D eigenvalue weighted by atomic mass is 32.1. The van der Waals surface area contributed by atoms with Gasteiger partial charge in [-0.05, 0) is 12.8 Å². The smallest absolute Gasteiger partial charge is 0.324 e. The number of carboxylic acids is 1. The molecule has 0 spiro atoms. The van der Waals surface area contributed by atoms with E-state index >= 15 is 0 Å². The second kappa shape index (κ2) is 20.5. The van der Waals surface area contributed by atoms with E-state index in [2.05, 4.69) is 19.6 Å². The summed E-state index contributed by atoms with van der Waals surface area (Å²) in [5.74, 6) is -0.590. The van der Waals surface area contributed by atoms with Gasteiger partial charge in [0.2, 0.25) is 0 Å². The van der Waals surface area contributed by atoms with Crippen LogP contribution >= 0.6 is 12.6 Å². The van der Waals surface area contributed by atoms with Crippen molar-refractivity contribution in [1.29, 1.82) is 0 Å². The maximum absolute atomic E-state index is 11.2. The van der Waals surface area contributed by atoms with Gasteiger partial charge in [-0.15, -0.1) is 0 Å². The third kappa shape index (κ3) is 16.4. The first-order valence-electron chi connectivity index (χ1n) is 11.4. The minimum absolute atomic E-state index is 0.272. The van der Waals surface area contributed by atoms with E-state index in [4.69, 9.17) is 4.84 Å². The number of rotatable bonds is 21. The van der Waals surface area contributed by atoms with Crippen LogP contribution in [0.5, 0.6) is 0 Å². The lowest BCUT2D eigenvalue weighted by molar-refractivity contribution is -0.195. The van der Waals surface area contributed by atoms with Crippen molar-refractivity contribution in [3.8, 4) is 0 Å². The third-order valence-corrected chi connectivity index (χ3v) is 5.35. The molecule has 27 heavy (non-hydrogen) atoms. The van der Waals surface area contributed by atoms with Gasteiger partial charge in [0.15, 0.2) is 0 Å². The first kappa shape index (κ1) is 26.7. The molecule has 162 valence electrons. The standard InChI is InChI=1S/C22H45NO3S/c1-3-5-6-7-8-9-10-11-12-13-14-15-16-17-19-26-23(18-4-2)21(20-27)22(24)25/h21,27H,3-20H2,1-2H3,(H,24,25). The Morgan fingerprint density at radius 2 is 1.26 bits per heavy atom. The van der Waals surface area contributed by atoms with Crippen LogP contribution in [0.15, 0.2) is 0 Å². The van der Waals surface area contributed by atoms with E-state index in [-0.39, 0.29) is 5.75 Å². The van der Waals surface area contributed by atoms with Crippen molar-refractivity contribution in [2.24, 2.45) is 0 Å². The Kier molecular flexibility index (Phi) is 20.3. The molecule has 0 saturated carbocycles. The zero-order valence-electron chi connectivity index (χ0n) is 18.0. The number of hydrogen-bond donors (Lipinski definition) is 2. The minimum atomic E-state index is -0.862. The molecule has 0 aromatic carbocycles. The molecule has 1 atom stereocenters. The van der Waals surface area contributed by atoms with Crippen LogP contribution in [0.4, 0.5) is 0 Å². The van der Waals surface area contributed by atoms with E-state index in [1.807, 2.05) is 6.92 Å². The molecule has 5 heteroatoms. The molecule has 0 aliphatic carbocycles. The molecule has 0 fully saturated rings. The van der Waals surface area contributed by atoms with E-state index < -0.39 is 12.0 Å². The van der Waals surface area contributed by atoms with Crippen molar-refractivity contribution in [3.63, 3.8) is 0 Å². The van der Waals surface area contributed by atoms with Gasteiger partial charge < -0.3 is 5.11 Å². The fourth-order valence-corrected chi connectivity index (χ4v) is 3.64. The molecule has 1 unspecified atom stereocenters. The summed E-state index contributed by atoms with van der Waals surface area (Å²) in [5.41, 5.74) is 0. The van der Waals surface area contributed by atoms with Crippen molar-refractivity contribution in [3.05, 3.63) is 0 Å². The van der Waals surface area contributed by atoms with Gasteiger partial charge in [-0.3, -0.25) is 9.63 Å². The highest BCUT2D eigenvalue weighted by Gasteiger charge is 2.24. The van der Waals surface area contributed by atoms with Crippen molar-refractivity contribution in [1.82, 2.24) is 5.06 Å². The van der Waals surface area contributed by atoms with Crippen LogP contribution in [-0.2, 0) is 9.63 Å². The zero-order chi connectivity index (χ0) is 20.2. The molecule has 0 rings (SSSR count). The van der Waals surface area contributed by atoms with Crippen LogP contribution in [0.1, 0.15) is 110 Å². The van der Waals surface area contributed by atoms with Crippen LogP contribution in [0.3, 0.4) is 0 Å². The second-order valence-electron chi connectivity index (χ2n) is 7.61. The van der Waals surface area contributed by atoms with Crippen LogP contribution in [-0.4, -0.2) is 41.1 Å². The molecule has 0 aliphatic heterocycles. The number of unbranched alkanes of at least 4 members (excludes halogenated alkanes) is 13. The van der Waals surface area contributed by atoms with Crippen molar-refractivity contribution in [2.45, 2.75) is 116 Å². The molecule has 0 aromatic heterocycles. The molecule has 0 bridgehead atoms. The third-order valence-electron chi connectivity index (χ3n) is 5.00. The van der Waals surface area contributed by atoms with Crippen LogP contribution in [0, 0.1) is 0 Å². The fourth-order valence-electron chi connectivity index (χ4n) is 3.30. The summed E-state index contributed by atoms with van der Waals surface area (Å²) in [6.45, 7) is 5.54. The largest absolute Gasteiger partial charge is 0.480 e. The summed E-state index contributed by atoms with van der Waals surface area (Å²) >= 11 is 4.14. The summed E-state index contributed by atoms with van der Waals surface area (Å²) in [6.07, 6.45) is 19.5. The number of aliphatic carboxylic acids is 1. The van der Waals surface area contributed by atoms with E-state index in [1.54, 1.807) is 5.06 Å². The van der Waals surface area contributed by atoms with E-state index in [0.717, 1.165) is 19.3 Å². The molecule has 0 radical (unpaired) electrons. The highest BCUT2D eigenvalue weighted by Crippen LogP contribution is 2.13. The number of carboxylic acid groups (broad SMARTS) is 1. The van der Waals surface area contributed by atoms with Gasteiger partial charge in [0, 0.05) is 12.3 Å². The van der Waals surface area contributed by atoms with Crippen molar-refractivity contribution >= 4 is 18.6 Å². The average molecular weight is 404 g/mol. The van der Waals surface area contributed by atoms with Gasteiger partial charge in [0.1, 0.15) is 6.04 Å². The molecule has 0 heterocycles. The second-order valence-corrected chi connectivity index (χ2v) is 7.97. The van der Waals surface area contributed by atoms with Crippen LogP contribution in [0.2, 0.25) is 0 Å². The Morgan fingerprint density at radius 1 is 0.815 bits per heavy atom. The predicted molar refractivity (Wildman–Crippen MR) is 119 cm³/mol. The summed E-state index contributed by atoms with van der Waals surface area (Å²) < 4.78 is 0. The average Bonchev–Trinajstić information content (AvgIpc) is 2.65. The molecular formula is C22H45NO3S. The minimum Gasteiger partial charge on any atom is -0.480 e. The Hall–Kier alpha value is -0.260. The highest BCUT2D eigenvalue weighted by molar-refractivity contribution is 7.80. The van der Waals surface area contributed by atoms with Gasteiger partial charge in [-0.2, -0.15) is 17.7 Å². The summed E-state index contributed by atoms with van der Waals surface area (Å²) in [7, 11) is 0. The number of nitrogens with zero attached hydrogens (tertiary/aromatic N) is 1. The van der Waals surface area contributed by atoms with Gasteiger partial charge in [0.05, 0.1) is 6.61 Å². The molecular weight excluding hydrogens is 358 g/mol. The van der Waals surface area contributed by atoms with Crippen molar-refractivity contribution in [2.75, 3.05) is 18.9 Å². The molecule has 0 aromatic rings. The number of carbonyl (C=O) groups is 1. The summed E-state index contributed by atoms with van der Waals surface area (Å²) in [5, 5.41) is 10.8. The Labute approximate surface area is 173 Å². The predicted octanol–water partition coefficient (Wildman–Crippen LogP) is 6.49. The molecule has 0 saturated heterocycles. The number of thiol groups is 1. The van der Waals surface area contributed by atoms with Crippen molar-refractivity contribution < 1.29 is 14.7 Å². The quantitative estimate of drug-likeness (QED) is 0.131. The molecule has 0 aliphatic rings. The number of hydrogen-bond acceptors (Lipinski definition) is 4. The number of hydroxylamine groups is 2. The SMILES string of the molecule is CCCCCCCCCCCCCCCCON(CCC)C(CS)C(=O)O. The van der Waals surface area contributed by atoms with E-state index in [1.165, 1.54) is 77.0 Å². The van der Waals surface area contributed by atoms with Crippen LogP contribution in [0.25, 0.3) is 0 Å². The normalized spacial score (nSPS) is 12.6. The van der Waals surface area contributed by atoms with Gasteiger partial charge in [0.25, 0.3) is 0 Å².